The molecule has 0 heterocycles. The van der Waals surface area contributed by atoms with Gasteiger partial charge in [-0.05, 0) is 30.5 Å². The zero-order valence-electron chi connectivity index (χ0n) is 7.29. The van der Waals surface area contributed by atoms with E-state index in [4.69, 9.17) is 5.73 Å². The summed E-state index contributed by atoms with van der Waals surface area (Å²) in [4.78, 5) is 0. The topological polar surface area (TPSA) is 46.2 Å². The van der Waals surface area contributed by atoms with Gasteiger partial charge in [0.2, 0.25) is 0 Å². The molecule has 0 fully saturated rings. The third-order valence-electron chi connectivity index (χ3n) is 1.79. The Morgan fingerprint density at radius 1 is 1.25 bits per heavy atom. The number of nitrogens with two attached hydrogens (primary N) is 1. The third-order valence-corrected chi connectivity index (χ3v) is 1.79. The van der Waals surface area contributed by atoms with Gasteiger partial charge in [-0.25, -0.2) is 0 Å². The summed E-state index contributed by atoms with van der Waals surface area (Å²) in [5, 5.41) is 9.39. The second kappa shape index (κ2) is 4.33. The van der Waals surface area contributed by atoms with Crippen LogP contribution in [0.5, 0.6) is 5.75 Å². The van der Waals surface area contributed by atoms with Crippen LogP contribution in [-0.2, 0) is 6.54 Å². The predicted molar refractivity (Wildman–Crippen MR) is 52.7 cm³/mol. The molecule has 0 bridgehead atoms. The number of hydrogen-bond donors (Lipinski definition) is 2. The lowest BCUT2D eigenvalue weighted by Gasteiger charge is -2.05. The molecule has 0 saturated carbocycles. The van der Waals surface area contributed by atoms with Crippen molar-refractivity contribution >= 4 is 12.4 Å². The lowest BCUT2D eigenvalue weighted by Crippen LogP contribution is -1.97. The SMILES string of the molecule is Cc1cc(CN)cc(C)c1O.Cl. The monoisotopic (exact) mass is 187 g/mol. The molecular formula is C9H14ClNO. The highest BCUT2D eigenvalue weighted by Crippen LogP contribution is 2.22. The molecule has 68 valence electrons. The van der Waals surface area contributed by atoms with Crippen molar-refractivity contribution in [1.82, 2.24) is 0 Å². The maximum Gasteiger partial charge on any atom is 0.121 e. The first-order valence-corrected chi connectivity index (χ1v) is 3.64. The van der Waals surface area contributed by atoms with E-state index in [-0.39, 0.29) is 12.4 Å². The van der Waals surface area contributed by atoms with E-state index in [1.54, 1.807) is 0 Å². The summed E-state index contributed by atoms with van der Waals surface area (Å²) in [6, 6.07) is 3.81. The van der Waals surface area contributed by atoms with Gasteiger partial charge in [-0.1, -0.05) is 12.1 Å². The minimum absolute atomic E-state index is 0. The Balaban J connectivity index is 0.00000121. The van der Waals surface area contributed by atoms with Gasteiger partial charge in [0.05, 0.1) is 0 Å². The zero-order chi connectivity index (χ0) is 8.43. The Morgan fingerprint density at radius 2 is 1.67 bits per heavy atom. The van der Waals surface area contributed by atoms with Crippen LogP contribution >= 0.6 is 12.4 Å². The van der Waals surface area contributed by atoms with Crippen molar-refractivity contribution in [3.8, 4) is 5.75 Å². The van der Waals surface area contributed by atoms with Crippen molar-refractivity contribution in [2.45, 2.75) is 20.4 Å². The molecule has 0 saturated heterocycles. The molecule has 0 aliphatic carbocycles. The molecule has 0 spiro atoms. The van der Waals surface area contributed by atoms with Crippen LogP contribution in [0.15, 0.2) is 12.1 Å². The van der Waals surface area contributed by atoms with Gasteiger partial charge in [0.25, 0.3) is 0 Å². The number of phenolic OH excluding ortho intramolecular Hbond substituents is 1. The summed E-state index contributed by atoms with van der Waals surface area (Å²) in [5.74, 6) is 0.377. The standard InChI is InChI=1S/C9H13NO.ClH/c1-6-3-8(5-10)4-7(2)9(6)11;/h3-4,11H,5,10H2,1-2H3;1H. The smallest absolute Gasteiger partial charge is 0.121 e. The molecule has 3 heteroatoms. The van der Waals surface area contributed by atoms with Crippen molar-refractivity contribution in [2.75, 3.05) is 0 Å². The average Bonchev–Trinajstić information content (AvgIpc) is 1.99. The third kappa shape index (κ3) is 2.13. The number of benzene rings is 1. The van der Waals surface area contributed by atoms with E-state index in [1.807, 2.05) is 26.0 Å². The van der Waals surface area contributed by atoms with Gasteiger partial charge in [-0.2, -0.15) is 0 Å². The quantitative estimate of drug-likeness (QED) is 0.706. The Morgan fingerprint density at radius 3 is 2.00 bits per heavy atom. The molecule has 1 rings (SSSR count). The maximum absolute atomic E-state index is 9.39. The second-order valence-electron chi connectivity index (χ2n) is 2.78. The number of aryl methyl sites for hydroxylation is 2. The largest absolute Gasteiger partial charge is 0.507 e. The normalized spacial score (nSPS) is 9.25. The van der Waals surface area contributed by atoms with E-state index in [0.717, 1.165) is 16.7 Å². The molecule has 0 atom stereocenters. The zero-order valence-corrected chi connectivity index (χ0v) is 8.11. The average molecular weight is 188 g/mol. The number of halogens is 1. The van der Waals surface area contributed by atoms with Crippen LogP contribution < -0.4 is 5.73 Å². The summed E-state index contributed by atoms with van der Waals surface area (Å²) < 4.78 is 0. The summed E-state index contributed by atoms with van der Waals surface area (Å²) in [7, 11) is 0. The lowest BCUT2D eigenvalue weighted by atomic mass is 10.1. The van der Waals surface area contributed by atoms with Crippen LogP contribution in [-0.4, -0.2) is 5.11 Å². The van der Waals surface area contributed by atoms with E-state index >= 15 is 0 Å². The highest BCUT2D eigenvalue weighted by Gasteiger charge is 2.00. The van der Waals surface area contributed by atoms with Gasteiger partial charge in [0, 0.05) is 6.54 Å². The van der Waals surface area contributed by atoms with Crippen molar-refractivity contribution in [3.05, 3.63) is 28.8 Å². The molecule has 2 nitrogen and oxygen atoms in total. The van der Waals surface area contributed by atoms with Crippen LogP contribution in [0, 0.1) is 13.8 Å². The summed E-state index contributed by atoms with van der Waals surface area (Å²) in [6.45, 7) is 4.28. The summed E-state index contributed by atoms with van der Waals surface area (Å²) in [5.41, 5.74) is 8.31. The van der Waals surface area contributed by atoms with E-state index in [2.05, 4.69) is 0 Å². The number of hydrogen-bond acceptors (Lipinski definition) is 2. The van der Waals surface area contributed by atoms with Crippen LogP contribution in [0.1, 0.15) is 16.7 Å². The Hall–Kier alpha value is -0.730. The first-order chi connectivity index (χ1) is 5.15. The minimum atomic E-state index is 0. The molecular weight excluding hydrogens is 174 g/mol. The van der Waals surface area contributed by atoms with E-state index in [0.29, 0.717) is 12.3 Å². The van der Waals surface area contributed by atoms with Crippen LogP contribution in [0.2, 0.25) is 0 Å². The molecule has 1 aromatic carbocycles. The van der Waals surface area contributed by atoms with E-state index in [9.17, 15) is 5.11 Å². The molecule has 1 aromatic rings. The van der Waals surface area contributed by atoms with Crippen molar-refractivity contribution in [1.29, 1.82) is 0 Å². The maximum atomic E-state index is 9.39. The summed E-state index contributed by atoms with van der Waals surface area (Å²) in [6.07, 6.45) is 0. The first-order valence-electron chi connectivity index (χ1n) is 3.64. The molecule has 0 aromatic heterocycles. The highest BCUT2D eigenvalue weighted by molar-refractivity contribution is 5.85. The molecule has 12 heavy (non-hydrogen) atoms. The van der Waals surface area contributed by atoms with Crippen molar-refractivity contribution < 1.29 is 5.11 Å². The fraction of sp³-hybridized carbons (Fsp3) is 0.333. The lowest BCUT2D eigenvalue weighted by molar-refractivity contribution is 0.466. The van der Waals surface area contributed by atoms with Gasteiger partial charge >= 0.3 is 0 Å². The predicted octanol–water partition coefficient (Wildman–Crippen LogP) is 1.89. The first kappa shape index (κ1) is 11.3. The Bertz CT molecular complexity index is 250. The van der Waals surface area contributed by atoms with Crippen molar-refractivity contribution in [2.24, 2.45) is 5.73 Å². The number of rotatable bonds is 1. The number of phenols is 1. The molecule has 0 aliphatic rings. The van der Waals surface area contributed by atoms with Crippen LogP contribution in [0.4, 0.5) is 0 Å². The molecule has 3 N–H and O–H groups in total. The van der Waals surface area contributed by atoms with Gasteiger partial charge in [-0.15, -0.1) is 12.4 Å². The molecule has 0 unspecified atom stereocenters. The summed E-state index contributed by atoms with van der Waals surface area (Å²) >= 11 is 0. The van der Waals surface area contributed by atoms with Gasteiger partial charge < -0.3 is 10.8 Å². The van der Waals surface area contributed by atoms with E-state index in [1.165, 1.54) is 0 Å². The van der Waals surface area contributed by atoms with Gasteiger partial charge in [-0.3, -0.25) is 0 Å². The Labute approximate surface area is 78.8 Å². The Kier molecular flexibility index (Phi) is 4.07. The van der Waals surface area contributed by atoms with Crippen LogP contribution in [0.25, 0.3) is 0 Å². The van der Waals surface area contributed by atoms with Crippen LogP contribution in [0.3, 0.4) is 0 Å². The number of aromatic hydroxyl groups is 1. The second-order valence-corrected chi connectivity index (χ2v) is 2.78. The van der Waals surface area contributed by atoms with E-state index < -0.39 is 0 Å². The van der Waals surface area contributed by atoms with Gasteiger partial charge in [0.1, 0.15) is 5.75 Å². The minimum Gasteiger partial charge on any atom is -0.507 e. The fourth-order valence-electron chi connectivity index (χ4n) is 1.16. The molecule has 0 amide bonds. The molecule has 0 radical (unpaired) electrons. The molecule has 0 aliphatic heterocycles. The highest BCUT2D eigenvalue weighted by atomic mass is 35.5. The van der Waals surface area contributed by atoms with Gasteiger partial charge in [0.15, 0.2) is 0 Å². The fourth-order valence-corrected chi connectivity index (χ4v) is 1.16. The van der Waals surface area contributed by atoms with Crippen molar-refractivity contribution in [3.63, 3.8) is 0 Å².